The van der Waals surface area contributed by atoms with Crippen LogP contribution in [0.4, 0.5) is 4.39 Å². The molecule has 0 bridgehead atoms. The molecule has 0 N–H and O–H groups in total. The molecule has 2 aromatic carbocycles. The Hall–Kier alpha value is -2.62. The molecule has 0 radical (unpaired) electrons. The molecule has 112 valence electrons. The van der Waals surface area contributed by atoms with Crippen molar-refractivity contribution in [1.29, 1.82) is 0 Å². The van der Waals surface area contributed by atoms with Gasteiger partial charge in [0.05, 0.1) is 17.7 Å². The second-order valence-electron chi connectivity index (χ2n) is 5.11. The molecule has 1 aromatic heterocycles. The highest BCUT2D eigenvalue weighted by Gasteiger charge is 2.12. The fourth-order valence-corrected chi connectivity index (χ4v) is 2.55. The van der Waals surface area contributed by atoms with Crippen LogP contribution in [0.5, 0.6) is 0 Å². The van der Waals surface area contributed by atoms with Gasteiger partial charge in [-0.25, -0.2) is 9.18 Å². The van der Waals surface area contributed by atoms with Crippen LogP contribution < -0.4 is 0 Å². The second kappa shape index (κ2) is 5.64. The van der Waals surface area contributed by atoms with Gasteiger partial charge in [0.15, 0.2) is 0 Å². The minimum atomic E-state index is -0.321. The van der Waals surface area contributed by atoms with Gasteiger partial charge in [-0.1, -0.05) is 0 Å². The highest BCUT2D eigenvalue weighted by atomic mass is 19.1. The van der Waals surface area contributed by atoms with E-state index in [9.17, 15) is 9.18 Å². The van der Waals surface area contributed by atoms with Crippen LogP contribution in [0.1, 0.15) is 22.8 Å². The van der Waals surface area contributed by atoms with Crippen molar-refractivity contribution in [3.8, 4) is 5.69 Å². The highest BCUT2D eigenvalue weighted by molar-refractivity contribution is 5.96. The first-order valence-corrected chi connectivity index (χ1v) is 7.15. The number of hydrogen-bond donors (Lipinski definition) is 0. The monoisotopic (exact) mass is 297 g/mol. The lowest BCUT2D eigenvalue weighted by Crippen LogP contribution is -2.04. The number of ether oxygens (including phenoxy) is 1. The normalized spacial score (nSPS) is 10.9. The van der Waals surface area contributed by atoms with E-state index in [-0.39, 0.29) is 11.8 Å². The predicted molar refractivity (Wildman–Crippen MR) is 83.9 cm³/mol. The molecule has 0 amide bonds. The molecule has 3 nitrogen and oxygen atoms in total. The maximum atomic E-state index is 13.1. The second-order valence-corrected chi connectivity index (χ2v) is 5.11. The number of esters is 1. The van der Waals surface area contributed by atoms with Gasteiger partial charge >= 0.3 is 5.97 Å². The third-order valence-electron chi connectivity index (χ3n) is 3.62. The first kappa shape index (κ1) is 14.3. The minimum absolute atomic E-state index is 0.262. The van der Waals surface area contributed by atoms with Crippen molar-refractivity contribution in [2.45, 2.75) is 13.8 Å². The summed E-state index contributed by atoms with van der Waals surface area (Å²) in [7, 11) is 0. The van der Waals surface area contributed by atoms with Crippen molar-refractivity contribution in [3.63, 3.8) is 0 Å². The molecule has 0 atom stereocenters. The average molecular weight is 297 g/mol. The first-order valence-electron chi connectivity index (χ1n) is 7.15. The van der Waals surface area contributed by atoms with E-state index in [0.29, 0.717) is 12.2 Å². The lowest BCUT2D eigenvalue weighted by Gasteiger charge is -2.06. The maximum absolute atomic E-state index is 13.1. The number of carbonyl (C=O) groups is 1. The molecule has 0 spiro atoms. The summed E-state index contributed by atoms with van der Waals surface area (Å²) >= 11 is 0. The fourth-order valence-electron chi connectivity index (χ4n) is 2.55. The summed E-state index contributed by atoms with van der Waals surface area (Å²) in [6, 6.07) is 11.8. The van der Waals surface area contributed by atoms with Gasteiger partial charge in [0.25, 0.3) is 0 Å². The van der Waals surface area contributed by atoms with Crippen LogP contribution in [0.2, 0.25) is 0 Å². The van der Waals surface area contributed by atoms with Crippen LogP contribution in [0.15, 0.2) is 48.7 Å². The summed E-state index contributed by atoms with van der Waals surface area (Å²) in [6.07, 6.45) is 1.98. The molecule has 3 aromatic rings. The van der Waals surface area contributed by atoms with Crippen LogP contribution in [0, 0.1) is 12.7 Å². The smallest absolute Gasteiger partial charge is 0.338 e. The third kappa shape index (κ3) is 2.48. The van der Waals surface area contributed by atoms with Crippen molar-refractivity contribution in [2.75, 3.05) is 6.61 Å². The van der Waals surface area contributed by atoms with Gasteiger partial charge in [0.1, 0.15) is 5.82 Å². The molecule has 0 saturated carbocycles. The number of fused-ring (bicyclic) bond motifs is 1. The summed E-state index contributed by atoms with van der Waals surface area (Å²) in [5.74, 6) is -0.583. The van der Waals surface area contributed by atoms with Gasteiger partial charge in [0, 0.05) is 17.3 Å². The topological polar surface area (TPSA) is 31.2 Å². The Morgan fingerprint density at radius 2 is 1.91 bits per heavy atom. The Morgan fingerprint density at radius 1 is 1.18 bits per heavy atom. The number of carbonyl (C=O) groups excluding carboxylic acids is 1. The molecule has 3 rings (SSSR count). The zero-order valence-electron chi connectivity index (χ0n) is 12.5. The maximum Gasteiger partial charge on any atom is 0.338 e. The van der Waals surface area contributed by atoms with Crippen LogP contribution >= 0.6 is 0 Å². The van der Waals surface area contributed by atoms with E-state index < -0.39 is 0 Å². The molecule has 1 heterocycles. The number of halogens is 1. The quantitative estimate of drug-likeness (QED) is 0.677. The van der Waals surface area contributed by atoms with Gasteiger partial charge in [0.2, 0.25) is 0 Å². The van der Waals surface area contributed by atoms with Gasteiger partial charge in [-0.2, -0.15) is 0 Å². The Kier molecular flexibility index (Phi) is 3.67. The summed E-state index contributed by atoms with van der Waals surface area (Å²) < 4.78 is 20.1. The van der Waals surface area contributed by atoms with Crippen molar-refractivity contribution >= 4 is 16.9 Å². The Labute approximate surface area is 127 Å². The van der Waals surface area contributed by atoms with Gasteiger partial charge in [-0.05, 0) is 61.9 Å². The van der Waals surface area contributed by atoms with E-state index in [4.69, 9.17) is 4.74 Å². The van der Waals surface area contributed by atoms with Gasteiger partial charge in [-0.3, -0.25) is 0 Å². The van der Waals surface area contributed by atoms with E-state index in [1.165, 1.54) is 12.1 Å². The fraction of sp³-hybridized carbons (Fsp3) is 0.167. The third-order valence-corrected chi connectivity index (χ3v) is 3.62. The highest BCUT2D eigenvalue weighted by Crippen LogP contribution is 2.26. The van der Waals surface area contributed by atoms with Crippen molar-refractivity contribution in [1.82, 2.24) is 4.57 Å². The van der Waals surface area contributed by atoms with E-state index in [2.05, 4.69) is 0 Å². The summed E-state index contributed by atoms with van der Waals surface area (Å²) in [4.78, 5) is 11.8. The molecule has 0 aliphatic carbocycles. The average Bonchev–Trinajstić information content (AvgIpc) is 2.85. The van der Waals surface area contributed by atoms with E-state index >= 15 is 0 Å². The van der Waals surface area contributed by atoms with Crippen molar-refractivity contribution in [3.05, 3.63) is 65.6 Å². The summed E-state index contributed by atoms with van der Waals surface area (Å²) in [5.41, 5.74) is 3.43. The van der Waals surface area contributed by atoms with Crippen LogP contribution in [0.25, 0.3) is 16.6 Å². The number of nitrogens with zero attached hydrogens (tertiary/aromatic N) is 1. The Balaban J connectivity index is 2.11. The predicted octanol–water partition coefficient (Wildman–Crippen LogP) is 4.25. The van der Waals surface area contributed by atoms with Crippen molar-refractivity contribution < 1.29 is 13.9 Å². The van der Waals surface area contributed by atoms with Crippen LogP contribution in [-0.4, -0.2) is 17.1 Å². The molecule has 22 heavy (non-hydrogen) atoms. The molecule has 0 saturated heterocycles. The molecule has 4 heteroatoms. The van der Waals surface area contributed by atoms with Crippen LogP contribution in [-0.2, 0) is 4.74 Å². The Bertz CT molecular complexity index is 834. The van der Waals surface area contributed by atoms with Crippen molar-refractivity contribution in [2.24, 2.45) is 0 Å². The summed E-state index contributed by atoms with van der Waals surface area (Å²) in [6.45, 7) is 4.12. The zero-order chi connectivity index (χ0) is 15.7. The number of aromatic nitrogens is 1. The van der Waals surface area contributed by atoms with Gasteiger partial charge < -0.3 is 9.30 Å². The number of hydrogen-bond acceptors (Lipinski definition) is 2. The number of benzene rings is 2. The molecule has 0 aliphatic rings. The molecule has 0 fully saturated rings. The SMILES string of the molecule is CCOC(=O)c1ccc2c(c1)c(C)cn2-c1ccc(F)cc1. The Morgan fingerprint density at radius 3 is 2.59 bits per heavy atom. The molecular weight excluding hydrogens is 281 g/mol. The molecule has 0 unspecified atom stereocenters. The molecule has 0 aliphatic heterocycles. The first-order chi connectivity index (χ1) is 10.6. The van der Waals surface area contributed by atoms with E-state index in [1.54, 1.807) is 25.1 Å². The van der Waals surface area contributed by atoms with E-state index in [1.807, 2.05) is 29.8 Å². The number of rotatable bonds is 3. The van der Waals surface area contributed by atoms with Gasteiger partial charge in [-0.15, -0.1) is 0 Å². The number of aryl methyl sites for hydroxylation is 1. The molecular formula is C18H16FNO2. The largest absolute Gasteiger partial charge is 0.462 e. The van der Waals surface area contributed by atoms with Crippen LogP contribution in [0.3, 0.4) is 0 Å². The lowest BCUT2D eigenvalue weighted by molar-refractivity contribution is 0.0526. The van der Waals surface area contributed by atoms with E-state index in [0.717, 1.165) is 22.2 Å². The zero-order valence-corrected chi connectivity index (χ0v) is 12.5. The summed E-state index contributed by atoms with van der Waals surface area (Å²) in [5, 5.41) is 0.981. The minimum Gasteiger partial charge on any atom is -0.462 e. The lowest BCUT2D eigenvalue weighted by atomic mass is 10.1. The standard InChI is InChI=1S/C18H16FNO2/c1-3-22-18(21)13-4-9-17-16(10-13)12(2)11-20(17)15-7-5-14(19)6-8-15/h4-11H,3H2,1-2H3.